The molecule has 0 saturated carbocycles. The Balaban J connectivity index is 1.21. The lowest BCUT2D eigenvalue weighted by Gasteiger charge is -2.30. The quantitative estimate of drug-likeness (QED) is 0.0979. The van der Waals surface area contributed by atoms with Gasteiger partial charge in [0.2, 0.25) is 5.95 Å². The van der Waals surface area contributed by atoms with Crippen LogP contribution in [-0.2, 0) is 23.1 Å². The van der Waals surface area contributed by atoms with Crippen LogP contribution in [0.15, 0.2) is 23.4 Å². The van der Waals surface area contributed by atoms with Gasteiger partial charge < -0.3 is 35.7 Å². The van der Waals surface area contributed by atoms with E-state index in [0.29, 0.717) is 5.39 Å². The highest BCUT2D eigenvalue weighted by atomic mass is 32.7. The Morgan fingerprint density at radius 3 is 2.86 bits per heavy atom. The minimum Gasteiger partial charge on any atom is -0.396 e. The topological polar surface area (TPSA) is 254 Å². The Morgan fingerprint density at radius 1 is 1.30 bits per heavy atom. The van der Waals surface area contributed by atoms with Crippen LogP contribution in [-0.4, -0.2) is 99.7 Å². The lowest BCUT2D eigenvalue weighted by molar-refractivity contribution is -0.0507. The van der Waals surface area contributed by atoms with Gasteiger partial charge in [-0.3, -0.25) is 18.8 Å². The fourth-order valence-corrected chi connectivity index (χ4v) is 6.69. The highest BCUT2D eigenvalue weighted by molar-refractivity contribution is 8.44. The summed E-state index contributed by atoms with van der Waals surface area (Å²) in [6.07, 6.45) is -7.26. The van der Waals surface area contributed by atoms with Gasteiger partial charge in [0.1, 0.15) is 30.0 Å². The molecule has 238 valence electrons. The molecule has 44 heavy (non-hydrogen) atoms. The Labute approximate surface area is 250 Å². The molecule has 2 aliphatic heterocycles. The zero-order valence-electron chi connectivity index (χ0n) is 22.5. The molecule has 4 aromatic heterocycles. The molecule has 0 aromatic carbocycles. The standard InChI is InChI=1S/C22H27F2N10O8PS/c23-11-13(36)10(41-19(11)33-4-2-9-15(25)27-8-28-16(9)33)6-40-43(38,44)42-14-20(39-7-22(14,24)3-1-5-35)34-17-12(31-32-34)18(37)30-21(26)29-17/h2,4,8,10-11,13-14,19-20,35-36H,1,3,5-7H2,(H,38,44)(H2,25,27,28)(H3,26,29,30,37)/t10-,11+,13-,14+,19-,20-,22-,43?/m1/s1. The summed E-state index contributed by atoms with van der Waals surface area (Å²) in [7, 11) is 0. The van der Waals surface area contributed by atoms with Crippen molar-refractivity contribution in [1.82, 2.24) is 39.5 Å². The number of hydrogen-bond donors (Lipinski definition) is 6. The monoisotopic (exact) mass is 660 g/mol. The molecule has 0 radical (unpaired) electrons. The van der Waals surface area contributed by atoms with Crippen LogP contribution in [0.2, 0.25) is 0 Å². The number of hydrogen-bond acceptors (Lipinski definition) is 15. The second kappa shape index (κ2) is 11.6. The zero-order valence-corrected chi connectivity index (χ0v) is 24.3. The second-order valence-corrected chi connectivity index (χ2v) is 13.1. The minimum atomic E-state index is -4.52. The van der Waals surface area contributed by atoms with Crippen LogP contribution >= 0.6 is 19.0 Å². The molecule has 7 N–H and O–H groups in total. The molecule has 2 saturated heterocycles. The molecule has 0 aliphatic carbocycles. The van der Waals surface area contributed by atoms with E-state index in [0.717, 1.165) is 4.68 Å². The number of nitrogens with one attached hydrogen (secondary N) is 1. The third kappa shape index (κ3) is 5.42. The summed E-state index contributed by atoms with van der Waals surface area (Å²) in [6, 6.07) is 1.56. The molecule has 22 heteroatoms. The first kappa shape index (κ1) is 30.7. The van der Waals surface area contributed by atoms with E-state index in [4.69, 9.17) is 30.0 Å². The van der Waals surface area contributed by atoms with Crippen molar-refractivity contribution < 1.29 is 42.1 Å². The number of aliphatic hydroxyl groups excluding tert-OH is 2. The van der Waals surface area contributed by atoms with E-state index in [1.165, 1.54) is 17.1 Å². The number of thiol groups is 1. The predicted molar refractivity (Wildman–Crippen MR) is 150 cm³/mol. The first-order chi connectivity index (χ1) is 20.9. The average molecular weight is 661 g/mol. The van der Waals surface area contributed by atoms with Gasteiger partial charge in [-0.1, -0.05) is 17.5 Å². The molecule has 1 unspecified atom stereocenters. The molecule has 4 aromatic rings. The Morgan fingerprint density at radius 2 is 2.09 bits per heavy atom. The molecule has 18 nitrogen and oxygen atoms in total. The number of fused-ring (bicyclic) bond motifs is 2. The van der Waals surface area contributed by atoms with Gasteiger partial charge in [0, 0.05) is 12.8 Å². The molecule has 2 aliphatic rings. The molecule has 6 rings (SSSR count). The van der Waals surface area contributed by atoms with Crippen molar-refractivity contribution in [3.8, 4) is 0 Å². The van der Waals surface area contributed by atoms with Crippen LogP contribution in [0.3, 0.4) is 0 Å². The predicted octanol–water partition coefficient (Wildman–Crippen LogP) is 0.170. The summed E-state index contributed by atoms with van der Waals surface area (Å²) in [5, 5.41) is 27.9. The van der Waals surface area contributed by atoms with Gasteiger partial charge >= 0.3 is 6.80 Å². The number of anilines is 2. The Hall–Kier alpha value is -3.30. The molecular formula is C22H27F2N10O8PS. The van der Waals surface area contributed by atoms with Crippen LogP contribution in [0.5, 0.6) is 0 Å². The van der Waals surface area contributed by atoms with Crippen molar-refractivity contribution in [2.75, 3.05) is 31.3 Å². The summed E-state index contributed by atoms with van der Waals surface area (Å²) in [5.41, 5.74) is 8.28. The highest BCUT2D eigenvalue weighted by Gasteiger charge is 2.56. The van der Waals surface area contributed by atoms with E-state index in [9.17, 15) is 19.6 Å². The largest absolute Gasteiger partial charge is 0.396 e. The number of ether oxygens (including phenoxy) is 2. The van der Waals surface area contributed by atoms with Crippen molar-refractivity contribution in [1.29, 1.82) is 0 Å². The van der Waals surface area contributed by atoms with Gasteiger partial charge in [0.25, 0.3) is 5.56 Å². The first-order valence-corrected chi connectivity index (χ1v) is 15.8. The van der Waals surface area contributed by atoms with E-state index in [1.54, 1.807) is 6.07 Å². The fourth-order valence-electron chi connectivity index (χ4n) is 5.21. The van der Waals surface area contributed by atoms with Crippen LogP contribution in [0.1, 0.15) is 25.3 Å². The number of aromatic nitrogens is 8. The maximum atomic E-state index is 16.2. The van der Waals surface area contributed by atoms with Gasteiger partial charge in [0.05, 0.1) is 18.6 Å². The average Bonchev–Trinajstić information content (AvgIpc) is 3.73. The summed E-state index contributed by atoms with van der Waals surface area (Å²) in [4.78, 5) is 26.4. The molecular weight excluding hydrogens is 633 g/mol. The first-order valence-electron chi connectivity index (χ1n) is 13.1. The van der Waals surface area contributed by atoms with E-state index in [2.05, 4.69) is 42.5 Å². The summed E-state index contributed by atoms with van der Waals surface area (Å²) < 4.78 is 69.3. The number of nitrogens with zero attached hydrogens (tertiary/aromatic N) is 7. The van der Waals surface area contributed by atoms with Crippen molar-refractivity contribution in [2.24, 2.45) is 0 Å². The third-order valence-corrected chi connectivity index (χ3v) is 8.96. The van der Waals surface area contributed by atoms with Crippen LogP contribution < -0.4 is 17.0 Å². The molecule has 6 heterocycles. The number of nitrogen functional groups attached to an aromatic ring is 2. The maximum Gasteiger partial charge on any atom is 0.386 e. The number of aliphatic hydroxyl groups is 2. The number of rotatable bonds is 10. The van der Waals surface area contributed by atoms with E-state index in [-0.39, 0.29) is 48.0 Å². The lowest BCUT2D eigenvalue weighted by atomic mass is 9.95. The number of halogens is 2. The Bertz CT molecular complexity index is 1790. The highest BCUT2D eigenvalue weighted by Crippen LogP contribution is 2.58. The summed E-state index contributed by atoms with van der Waals surface area (Å²) in [6.45, 7) is -6.15. The number of H-pyrrole nitrogens is 1. The second-order valence-electron chi connectivity index (χ2n) is 10.2. The van der Waals surface area contributed by atoms with Crippen LogP contribution in [0.25, 0.3) is 22.2 Å². The summed E-state index contributed by atoms with van der Waals surface area (Å²) in [5.74, 6) is -0.113. The SMILES string of the molecule is Nc1nc2c(nnn2[C@@H]2OC[C@](F)(CCCO)[C@H]2OP(=O)(S)OC[C@H]2O[C@@H](n3ccc4c(N)ncnc43)[C@@H](F)[C@@H]2O)c(=O)[nH]1. The molecule has 2 fully saturated rings. The van der Waals surface area contributed by atoms with Crippen molar-refractivity contribution in [3.05, 3.63) is 28.9 Å². The summed E-state index contributed by atoms with van der Waals surface area (Å²) >= 11 is 3.98. The van der Waals surface area contributed by atoms with Crippen molar-refractivity contribution in [3.63, 3.8) is 0 Å². The van der Waals surface area contributed by atoms with Gasteiger partial charge in [-0.05, 0) is 18.9 Å². The number of nitrogens with two attached hydrogens (primary N) is 2. The van der Waals surface area contributed by atoms with Gasteiger partial charge in [-0.2, -0.15) is 9.67 Å². The smallest absolute Gasteiger partial charge is 0.386 e. The third-order valence-electron chi connectivity index (χ3n) is 7.36. The van der Waals surface area contributed by atoms with Crippen molar-refractivity contribution in [2.45, 2.75) is 55.4 Å². The van der Waals surface area contributed by atoms with E-state index in [1.807, 2.05) is 0 Å². The van der Waals surface area contributed by atoms with Gasteiger partial charge in [-0.15, -0.1) is 5.10 Å². The maximum absolute atomic E-state index is 16.2. The number of aromatic amines is 1. The lowest BCUT2D eigenvalue weighted by Crippen LogP contribution is -2.41. The van der Waals surface area contributed by atoms with E-state index < -0.39 is 68.2 Å². The molecule has 0 spiro atoms. The van der Waals surface area contributed by atoms with Gasteiger partial charge in [-0.25, -0.2) is 23.3 Å². The fraction of sp³-hybridized carbons (Fsp3) is 0.545. The van der Waals surface area contributed by atoms with Crippen LogP contribution in [0.4, 0.5) is 20.5 Å². The van der Waals surface area contributed by atoms with Gasteiger partial charge in [0.15, 0.2) is 41.6 Å². The molecule has 0 bridgehead atoms. The van der Waals surface area contributed by atoms with E-state index >= 15 is 8.78 Å². The molecule has 0 amide bonds. The van der Waals surface area contributed by atoms with Crippen LogP contribution in [0, 0.1) is 0 Å². The van der Waals surface area contributed by atoms with Crippen molar-refractivity contribution >= 4 is 53.0 Å². The molecule has 8 atom stereocenters. The minimum absolute atomic E-state index is 0.0147. The number of alkyl halides is 2. The Kier molecular flexibility index (Phi) is 8.07. The zero-order chi connectivity index (χ0) is 31.4. The normalized spacial score (nSPS) is 30.4.